The van der Waals surface area contributed by atoms with E-state index in [1.165, 1.54) is 16.7 Å². The van der Waals surface area contributed by atoms with Crippen molar-refractivity contribution in [3.8, 4) is 23.0 Å². The fraction of sp³-hybridized carbons (Fsp3) is 0.429. The molecule has 5 nitrogen and oxygen atoms in total. The first-order valence-corrected chi connectivity index (χ1v) is 8.89. The highest BCUT2D eigenvalue weighted by atomic mass is 35.5. The zero-order chi connectivity index (χ0) is 18.7. The van der Waals surface area contributed by atoms with Gasteiger partial charge in [-0.1, -0.05) is 6.07 Å². The number of aryl methyl sites for hydroxylation is 1. The number of aromatic hydroxyl groups is 1. The molecule has 0 spiro atoms. The van der Waals surface area contributed by atoms with E-state index in [2.05, 4.69) is 24.0 Å². The van der Waals surface area contributed by atoms with Gasteiger partial charge in [0.05, 0.1) is 21.3 Å². The Balaban J connectivity index is 0.00000261. The van der Waals surface area contributed by atoms with Crippen molar-refractivity contribution in [3.05, 3.63) is 47.0 Å². The van der Waals surface area contributed by atoms with Gasteiger partial charge in [0.1, 0.15) is 0 Å². The van der Waals surface area contributed by atoms with Crippen molar-refractivity contribution in [2.75, 3.05) is 21.3 Å². The number of hydrogen-bond acceptors (Lipinski definition) is 5. The first-order valence-electron chi connectivity index (χ1n) is 8.89. The van der Waals surface area contributed by atoms with Gasteiger partial charge in [-0.25, -0.2) is 0 Å². The summed E-state index contributed by atoms with van der Waals surface area (Å²) >= 11 is 0. The van der Waals surface area contributed by atoms with Gasteiger partial charge in [0.25, 0.3) is 0 Å². The fourth-order valence-electron chi connectivity index (χ4n) is 3.50. The maximum atomic E-state index is 9.72. The van der Waals surface area contributed by atoms with Crippen molar-refractivity contribution in [1.82, 2.24) is 4.90 Å². The average molecular weight is 394 g/mol. The minimum Gasteiger partial charge on any atom is -0.504 e. The highest BCUT2D eigenvalue weighted by molar-refractivity contribution is 5.85. The molecule has 6 heteroatoms. The number of ether oxygens (including phenoxy) is 3. The number of phenols is 1. The molecule has 1 aliphatic heterocycles. The molecule has 2 aromatic rings. The minimum absolute atomic E-state index is 0. The lowest BCUT2D eigenvalue weighted by Gasteiger charge is -2.23. The maximum Gasteiger partial charge on any atom is 0.161 e. The fourth-order valence-corrected chi connectivity index (χ4v) is 3.50. The van der Waals surface area contributed by atoms with Crippen molar-refractivity contribution >= 4 is 12.4 Å². The van der Waals surface area contributed by atoms with Gasteiger partial charge in [0.15, 0.2) is 23.0 Å². The number of phenolic OH excluding ortho intramolecular Hbond substituents is 1. The molecule has 0 unspecified atom stereocenters. The predicted octanol–water partition coefficient (Wildman–Crippen LogP) is 4.18. The van der Waals surface area contributed by atoms with Crippen molar-refractivity contribution in [3.63, 3.8) is 0 Å². The zero-order valence-electron chi connectivity index (χ0n) is 16.3. The molecular formula is C21H28ClNO4. The molecule has 27 heavy (non-hydrogen) atoms. The van der Waals surface area contributed by atoms with Crippen LogP contribution in [0.3, 0.4) is 0 Å². The summed E-state index contributed by atoms with van der Waals surface area (Å²) in [5.74, 6) is 2.29. The molecule has 0 saturated carbocycles. The lowest BCUT2D eigenvalue weighted by Crippen LogP contribution is -2.28. The molecule has 0 bridgehead atoms. The van der Waals surface area contributed by atoms with Crippen LogP contribution in [0.15, 0.2) is 30.3 Å². The normalized spacial score (nSPS) is 14.2. The van der Waals surface area contributed by atoms with E-state index in [-0.39, 0.29) is 18.2 Å². The number of methoxy groups -OCH3 is 3. The molecule has 0 amide bonds. The molecule has 1 aliphatic rings. The van der Waals surface area contributed by atoms with E-state index < -0.39 is 0 Å². The van der Waals surface area contributed by atoms with Gasteiger partial charge >= 0.3 is 0 Å². The van der Waals surface area contributed by atoms with Crippen molar-refractivity contribution in [1.29, 1.82) is 0 Å². The van der Waals surface area contributed by atoms with E-state index in [0.29, 0.717) is 11.8 Å². The number of fused-ring (bicyclic) bond motifs is 1. The van der Waals surface area contributed by atoms with Crippen LogP contribution in [0.5, 0.6) is 23.0 Å². The third-order valence-corrected chi connectivity index (χ3v) is 5.17. The molecule has 1 N–H and O–H groups in total. The Labute approximate surface area is 167 Å². The SMILES string of the molecule is COc1cc(CC[C@@H](C)N2Cc3cc(OC)c(OC)cc3C2)ccc1O.Cl. The molecule has 0 radical (unpaired) electrons. The van der Waals surface area contributed by atoms with Crippen LogP contribution < -0.4 is 14.2 Å². The number of halogens is 1. The van der Waals surface area contributed by atoms with Gasteiger partial charge in [-0.2, -0.15) is 0 Å². The average Bonchev–Trinajstić information content (AvgIpc) is 3.08. The van der Waals surface area contributed by atoms with Gasteiger partial charge in [0, 0.05) is 19.1 Å². The van der Waals surface area contributed by atoms with Crippen molar-refractivity contribution < 1.29 is 19.3 Å². The van der Waals surface area contributed by atoms with Gasteiger partial charge in [0.2, 0.25) is 0 Å². The van der Waals surface area contributed by atoms with E-state index in [9.17, 15) is 5.11 Å². The van der Waals surface area contributed by atoms with E-state index in [1.54, 1.807) is 27.4 Å². The Kier molecular flexibility index (Phi) is 7.22. The monoisotopic (exact) mass is 393 g/mol. The van der Waals surface area contributed by atoms with Gasteiger partial charge in [-0.3, -0.25) is 4.90 Å². The summed E-state index contributed by atoms with van der Waals surface area (Å²) < 4.78 is 16.0. The second-order valence-corrected chi connectivity index (χ2v) is 6.77. The molecule has 1 atom stereocenters. The summed E-state index contributed by atoms with van der Waals surface area (Å²) in [6.07, 6.45) is 1.98. The molecule has 0 aromatic heterocycles. The summed E-state index contributed by atoms with van der Waals surface area (Å²) in [6, 6.07) is 10.2. The molecule has 0 fully saturated rings. The quantitative estimate of drug-likeness (QED) is 0.764. The molecular weight excluding hydrogens is 366 g/mol. The van der Waals surface area contributed by atoms with Gasteiger partial charge < -0.3 is 19.3 Å². The van der Waals surface area contributed by atoms with Crippen LogP contribution >= 0.6 is 12.4 Å². The molecule has 1 heterocycles. The van der Waals surface area contributed by atoms with Crippen LogP contribution in [0.1, 0.15) is 30.0 Å². The van der Waals surface area contributed by atoms with E-state index in [1.807, 2.05) is 12.1 Å². The Bertz CT molecular complexity index is 748. The van der Waals surface area contributed by atoms with Crippen LogP contribution in [-0.4, -0.2) is 37.4 Å². The summed E-state index contributed by atoms with van der Waals surface area (Å²) in [6.45, 7) is 4.11. The number of benzene rings is 2. The second kappa shape index (κ2) is 9.20. The largest absolute Gasteiger partial charge is 0.504 e. The van der Waals surface area contributed by atoms with Crippen LogP contribution in [-0.2, 0) is 19.5 Å². The molecule has 0 saturated heterocycles. The molecule has 0 aliphatic carbocycles. The van der Waals surface area contributed by atoms with Crippen LogP contribution in [0, 0.1) is 0 Å². The lowest BCUT2D eigenvalue weighted by molar-refractivity contribution is 0.203. The molecule has 3 rings (SSSR count). The maximum absolute atomic E-state index is 9.72. The molecule has 2 aromatic carbocycles. The Morgan fingerprint density at radius 1 is 0.926 bits per heavy atom. The summed E-state index contributed by atoms with van der Waals surface area (Å²) in [5.41, 5.74) is 3.79. The highest BCUT2D eigenvalue weighted by Crippen LogP contribution is 2.36. The van der Waals surface area contributed by atoms with Gasteiger partial charge in [-0.05, 0) is 60.7 Å². The van der Waals surface area contributed by atoms with Crippen LogP contribution in [0.2, 0.25) is 0 Å². The topological polar surface area (TPSA) is 51.2 Å². The van der Waals surface area contributed by atoms with Gasteiger partial charge in [-0.15, -0.1) is 12.4 Å². The first-order chi connectivity index (χ1) is 12.5. The smallest absolute Gasteiger partial charge is 0.161 e. The Morgan fingerprint density at radius 2 is 1.48 bits per heavy atom. The standard InChI is InChI=1S/C21H27NO4.ClH/c1-14(5-6-15-7-8-18(23)19(9-15)24-2)22-12-16-10-20(25-3)21(26-4)11-17(16)13-22;/h7-11,14,23H,5-6,12-13H2,1-4H3;1H/t14-;/m1./s1. The second-order valence-electron chi connectivity index (χ2n) is 6.77. The molecule has 148 valence electrons. The summed E-state index contributed by atoms with van der Waals surface area (Å²) in [4.78, 5) is 2.47. The highest BCUT2D eigenvalue weighted by Gasteiger charge is 2.25. The van der Waals surface area contributed by atoms with Crippen molar-refractivity contribution in [2.24, 2.45) is 0 Å². The summed E-state index contributed by atoms with van der Waals surface area (Å²) in [7, 11) is 4.92. The first kappa shape index (κ1) is 21.2. The summed E-state index contributed by atoms with van der Waals surface area (Å²) in [5, 5.41) is 9.72. The number of rotatable bonds is 7. The van der Waals surface area contributed by atoms with Crippen LogP contribution in [0.4, 0.5) is 0 Å². The van der Waals surface area contributed by atoms with E-state index in [0.717, 1.165) is 37.4 Å². The third kappa shape index (κ3) is 4.60. The Hall–Kier alpha value is -2.11. The van der Waals surface area contributed by atoms with Crippen molar-refractivity contribution in [2.45, 2.75) is 38.9 Å². The predicted molar refractivity (Wildman–Crippen MR) is 108 cm³/mol. The Morgan fingerprint density at radius 3 is 2.00 bits per heavy atom. The van der Waals surface area contributed by atoms with Crippen LogP contribution in [0.25, 0.3) is 0 Å². The number of nitrogens with zero attached hydrogens (tertiary/aromatic N) is 1. The minimum atomic E-state index is 0. The lowest BCUT2D eigenvalue weighted by atomic mass is 10.0. The van der Waals surface area contributed by atoms with E-state index >= 15 is 0 Å². The zero-order valence-corrected chi connectivity index (χ0v) is 17.1. The van der Waals surface area contributed by atoms with E-state index in [4.69, 9.17) is 14.2 Å². The third-order valence-electron chi connectivity index (χ3n) is 5.17. The number of hydrogen-bond donors (Lipinski definition) is 1.